The Morgan fingerprint density at radius 3 is 2.80 bits per heavy atom. The highest BCUT2D eigenvalue weighted by Crippen LogP contribution is 2.33. The van der Waals surface area contributed by atoms with Crippen LogP contribution in [0, 0.1) is 0 Å². The van der Waals surface area contributed by atoms with Crippen molar-refractivity contribution in [3.8, 4) is 5.75 Å². The van der Waals surface area contributed by atoms with Gasteiger partial charge in [-0.05, 0) is 27.4 Å². The van der Waals surface area contributed by atoms with Crippen LogP contribution in [0.5, 0.6) is 5.75 Å². The second-order valence-electron chi connectivity index (χ2n) is 3.08. The van der Waals surface area contributed by atoms with Crippen LogP contribution in [0.15, 0.2) is 40.9 Å². The maximum absolute atomic E-state index is 10.3. The van der Waals surface area contributed by atoms with Gasteiger partial charge in [0.05, 0.1) is 4.47 Å². The van der Waals surface area contributed by atoms with Gasteiger partial charge in [-0.25, -0.2) is 0 Å². The van der Waals surface area contributed by atoms with Gasteiger partial charge in [-0.3, -0.25) is 4.79 Å². The predicted octanol–water partition coefficient (Wildman–Crippen LogP) is 3.18. The smallest absolute Gasteiger partial charge is 0.157 e. The lowest BCUT2D eigenvalue weighted by Gasteiger charge is -2.08. The first kappa shape index (κ1) is 10.2. The Kier molecular flexibility index (Phi) is 3.02. The normalized spacial score (nSPS) is 10.2. The maximum Gasteiger partial charge on any atom is 0.157 e. The molecule has 15 heavy (non-hydrogen) atoms. The number of hydrogen-bond donors (Lipinski definition) is 0. The van der Waals surface area contributed by atoms with Crippen LogP contribution in [0.2, 0.25) is 0 Å². The first-order valence-electron chi connectivity index (χ1n) is 4.56. The van der Waals surface area contributed by atoms with Crippen molar-refractivity contribution >= 4 is 33.0 Å². The van der Waals surface area contributed by atoms with Gasteiger partial charge in [-0.1, -0.05) is 30.3 Å². The number of benzene rings is 2. The molecule has 0 radical (unpaired) electrons. The number of aldehydes is 1. The molecule has 0 heterocycles. The summed E-state index contributed by atoms with van der Waals surface area (Å²) in [4.78, 5) is 10.3. The highest BCUT2D eigenvalue weighted by atomic mass is 79.9. The molecule has 76 valence electrons. The van der Waals surface area contributed by atoms with E-state index in [-0.39, 0.29) is 6.61 Å². The fraction of sp³-hybridized carbons (Fsp3) is 0.0833. The molecule has 0 N–H and O–H groups in total. The molecule has 2 aromatic rings. The molecule has 0 saturated heterocycles. The highest BCUT2D eigenvalue weighted by Gasteiger charge is 2.05. The Hall–Kier alpha value is -1.35. The van der Waals surface area contributed by atoms with Crippen molar-refractivity contribution in [3.05, 3.63) is 40.9 Å². The minimum absolute atomic E-state index is 0.0760. The van der Waals surface area contributed by atoms with Crippen LogP contribution in [-0.2, 0) is 4.79 Å². The average molecular weight is 265 g/mol. The fourth-order valence-electron chi connectivity index (χ4n) is 1.48. The van der Waals surface area contributed by atoms with Crippen LogP contribution in [0.1, 0.15) is 0 Å². The summed E-state index contributed by atoms with van der Waals surface area (Å²) in [5.41, 5.74) is 0. The molecule has 0 atom stereocenters. The van der Waals surface area contributed by atoms with E-state index in [1.54, 1.807) is 0 Å². The third-order valence-corrected chi connectivity index (χ3v) is 2.75. The molecule has 0 aliphatic rings. The molecule has 0 amide bonds. The summed E-state index contributed by atoms with van der Waals surface area (Å²) in [6, 6.07) is 11.8. The van der Waals surface area contributed by atoms with E-state index in [9.17, 15) is 4.79 Å². The van der Waals surface area contributed by atoms with Crippen molar-refractivity contribution in [2.75, 3.05) is 6.61 Å². The average Bonchev–Trinajstić information content (AvgIpc) is 2.28. The first-order valence-corrected chi connectivity index (χ1v) is 5.36. The van der Waals surface area contributed by atoms with Crippen LogP contribution in [0.25, 0.3) is 10.8 Å². The van der Waals surface area contributed by atoms with E-state index in [0.29, 0.717) is 0 Å². The number of rotatable bonds is 3. The van der Waals surface area contributed by atoms with Gasteiger partial charge in [0, 0.05) is 5.39 Å². The lowest BCUT2D eigenvalue weighted by Crippen LogP contribution is -1.98. The van der Waals surface area contributed by atoms with E-state index in [4.69, 9.17) is 4.74 Å². The second-order valence-corrected chi connectivity index (χ2v) is 3.93. The summed E-state index contributed by atoms with van der Waals surface area (Å²) in [5.74, 6) is 0.722. The molecule has 2 nitrogen and oxygen atoms in total. The number of carbonyl (C=O) groups is 1. The standard InChI is InChI=1S/C12H9BrO2/c13-11-6-5-9-3-1-2-4-10(9)12(11)15-8-7-14/h1-7H,8H2. The Labute approximate surface area is 96.0 Å². The van der Waals surface area contributed by atoms with Gasteiger partial charge in [-0.2, -0.15) is 0 Å². The van der Waals surface area contributed by atoms with E-state index in [1.165, 1.54) is 0 Å². The van der Waals surface area contributed by atoms with Gasteiger partial charge >= 0.3 is 0 Å². The quantitative estimate of drug-likeness (QED) is 0.797. The SMILES string of the molecule is O=CCOc1c(Br)ccc2ccccc12. The van der Waals surface area contributed by atoms with Crippen molar-refractivity contribution < 1.29 is 9.53 Å². The zero-order valence-electron chi connectivity index (χ0n) is 7.94. The number of carbonyl (C=O) groups excluding carboxylic acids is 1. The molecular formula is C12H9BrO2. The van der Waals surface area contributed by atoms with Crippen LogP contribution in [-0.4, -0.2) is 12.9 Å². The van der Waals surface area contributed by atoms with Gasteiger partial charge < -0.3 is 4.74 Å². The van der Waals surface area contributed by atoms with Gasteiger partial charge in [0.1, 0.15) is 12.4 Å². The van der Waals surface area contributed by atoms with Crippen LogP contribution >= 0.6 is 15.9 Å². The van der Waals surface area contributed by atoms with Gasteiger partial charge in [0.25, 0.3) is 0 Å². The Morgan fingerprint density at radius 2 is 2.00 bits per heavy atom. The van der Waals surface area contributed by atoms with Crippen LogP contribution in [0.4, 0.5) is 0 Å². The van der Waals surface area contributed by atoms with Crippen LogP contribution in [0.3, 0.4) is 0 Å². The summed E-state index contributed by atoms with van der Waals surface area (Å²) in [6.45, 7) is 0.0760. The van der Waals surface area contributed by atoms with E-state index in [0.717, 1.165) is 27.3 Å². The van der Waals surface area contributed by atoms with Gasteiger partial charge in [-0.15, -0.1) is 0 Å². The first-order chi connectivity index (χ1) is 7.33. The third-order valence-electron chi connectivity index (χ3n) is 2.13. The molecule has 0 bridgehead atoms. The van der Waals surface area contributed by atoms with Crippen molar-refractivity contribution in [1.29, 1.82) is 0 Å². The topological polar surface area (TPSA) is 26.3 Å². The van der Waals surface area contributed by atoms with Crippen molar-refractivity contribution in [2.24, 2.45) is 0 Å². The summed E-state index contributed by atoms with van der Waals surface area (Å²) in [6.07, 6.45) is 0.744. The molecule has 0 aliphatic carbocycles. The number of fused-ring (bicyclic) bond motifs is 1. The highest BCUT2D eigenvalue weighted by molar-refractivity contribution is 9.10. The Bertz CT molecular complexity index is 494. The monoisotopic (exact) mass is 264 g/mol. The summed E-state index contributed by atoms with van der Waals surface area (Å²) < 4.78 is 6.25. The Balaban J connectivity index is 2.57. The molecule has 2 aromatic carbocycles. The number of halogens is 1. The lowest BCUT2D eigenvalue weighted by atomic mass is 10.1. The summed E-state index contributed by atoms with van der Waals surface area (Å²) in [7, 11) is 0. The molecule has 0 fully saturated rings. The third kappa shape index (κ3) is 2.02. The lowest BCUT2D eigenvalue weighted by molar-refractivity contribution is -0.109. The minimum Gasteiger partial charge on any atom is -0.484 e. The molecule has 0 saturated carbocycles. The fourth-order valence-corrected chi connectivity index (χ4v) is 1.94. The van der Waals surface area contributed by atoms with Crippen molar-refractivity contribution in [1.82, 2.24) is 0 Å². The van der Waals surface area contributed by atoms with Crippen molar-refractivity contribution in [2.45, 2.75) is 0 Å². The molecule has 3 heteroatoms. The second kappa shape index (κ2) is 4.45. The van der Waals surface area contributed by atoms with Crippen LogP contribution < -0.4 is 4.74 Å². The largest absolute Gasteiger partial charge is 0.484 e. The van der Waals surface area contributed by atoms with E-state index in [1.807, 2.05) is 36.4 Å². The Morgan fingerprint density at radius 1 is 1.20 bits per heavy atom. The van der Waals surface area contributed by atoms with Gasteiger partial charge in [0.15, 0.2) is 6.29 Å². The minimum atomic E-state index is 0.0760. The van der Waals surface area contributed by atoms with E-state index in [2.05, 4.69) is 15.9 Å². The molecule has 0 aromatic heterocycles. The van der Waals surface area contributed by atoms with E-state index >= 15 is 0 Å². The zero-order valence-corrected chi connectivity index (χ0v) is 9.53. The zero-order chi connectivity index (χ0) is 10.7. The molecular weight excluding hydrogens is 256 g/mol. The molecule has 0 aliphatic heterocycles. The van der Waals surface area contributed by atoms with E-state index < -0.39 is 0 Å². The predicted molar refractivity (Wildman–Crippen MR) is 63.2 cm³/mol. The molecule has 0 unspecified atom stereocenters. The number of hydrogen-bond acceptors (Lipinski definition) is 2. The summed E-state index contributed by atoms with van der Waals surface area (Å²) in [5, 5.41) is 2.11. The molecule has 2 rings (SSSR count). The molecule has 0 spiro atoms. The van der Waals surface area contributed by atoms with Gasteiger partial charge in [0.2, 0.25) is 0 Å². The number of ether oxygens (including phenoxy) is 1. The van der Waals surface area contributed by atoms with Crippen molar-refractivity contribution in [3.63, 3.8) is 0 Å². The maximum atomic E-state index is 10.3. The summed E-state index contributed by atoms with van der Waals surface area (Å²) >= 11 is 3.41.